The molecule has 0 amide bonds. The highest BCUT2D eigenvalue weighted by Gasteiger charge is 2.33. The molecule has 0 radical (unpaired) electrons. The number of rotatable bonds is 5. The fraction of sp³-hybridized carbons (Fsp3) is 0.625. The molecular weight excluding hydrogens is 272 g/mol. The molecule has 0 spiro atoms. The number of aliphatic hydroxyl groups excluding tert-OH is 5. The van der Waals surface area contributed by atoms with E-state index >= 15 is 0 Å². The Labute approximate surface area is 105 Å². The number of carboxylic acids is 3. The maximum absolute atomic E-state index is 10.1. The summed E-state index contributed by atoms with van der Waals surface area (Å²) in [7, 11) is 0. The smallest absolute Gasteiger partial charge is 0.414 e. The fourth-order valence-electron chi connectivity index (χ4n) is 0.668. The second kappa shape index (κ2) is 9.18. The zero-order valence-corrected chi connectivity index (χ0v) is 9.32. The van der Waals surface area contributed by atoms with Gasteiger partial charge in [-0.05, 0) is 0 Å². The summed E-state index contributed by atoms with van der Waals surface area (Å²) in [5.41, 5.74) is 0. The molecule has 0 bridgehead atoms. The van der Waals surface area contributed by atoms with Crippen molar-refractivity contribution < 1.29 is 55.2 Å². The molecule has 0 saturated carbocycles. The van der Waals surface area contributed by atoms with Crippen LogP contribution in [-0.2, 0) is 14.4 Å². The van der Waals surface area contributed by atoms with E-state index in [0.29, 0.717) is 0 Å². The summed E-state index contributed by atoms with van der Waals surface area (Å²) in [5, 5.41) is 66.6. The van der Waals surface area contributed by atoms with E-state index in [4.69, 9.17) is 50.4 Å². The summed E-state index contributed by atoms with van der Waals surface area (Å²) in [6.45, 7) is -0.843. The summed E-state index contributed by atoms with van der Waals surface area (Å²) in [5.74, 6) is -5.37. The summed E-state index contributed by atoms with van der Waals surface area (Å²) >= 11 is 0. The van der Waals surface area contributed by atoms with Crippen LogP contribution in [0.4, 0.5) is 0 Å². The van der Waals surface area contributed by atoms with Crippen molar-refractivity contribution in [3.05, 3.63) is 0 Å². The molecular formula is C8H14O11. The lowest BCUT2D eigenvalue weighted by atomic mass is 10.0. The Morgan fingerprint density at radius 1 is 0.789 bits per heavy atom. The maximum Gasteiger partial charge on any atom is 0.414 e. The standard InChI is InChI=1S/C6H12O7.C2H2O4/c7-1-2(8)3(9)4(10)5(11)6(12)13;3-1(4)2(5)6/h2-5,7-11H,1H2,(H,12,13);(H,3,4)(H,5,6). The van der Waals surface area contributed by atoms with Gasteiger partial charge in [0, 0.05) is 0 Å². The lowest BCUT2D eigenvalue weighted by Gasteiger charge is -2.23. The molecule has 0 saturated heterocycles. The van der Waals surface area contributed by atoms with Gasteiger partial charge in [-0.15, -0.1) is 0 Å². The predicted octanol–water partition coefficient (Wildman–Crippen LogP) is -4.34. The average molecular weight is 286 g/mol. The molecule has 0 heterocycles. The minimum atomic E-state index is -2.20. The first-order valence-electron chi connectivity index (χ1n) is 4.58. The van der Waals surface area contributed by atoms with Crippen LogP contribution in [0.1, 0.15) is 0 Å². The summed E-state index contributed by atoms with van der Waals surface area (Å²) in [6.07, 6.45) is -7.84. The Bertz CT molecular complexity index is 302. The minimum absolute atomic E-state index is 0.843. The summed E-state index contributed by atoms with van der Waals surface area (Å²) in [6, 6.07) is 0. The van der Waals surface area contributed by atoms with Gasteiger partial charge >= 0.3 is 17.9 Å². The van der Waals surface area contributed by atoms with Gasteiger partial charge in [-0.3, -0.25) is 0 Å². The molecule has 4 atom stereocenters. The third-order valence-electron chi connectivity index (χ3n) is 1.69. The Kier molecular flexibility index (Phi) is 9.45. The van der Waals surface area contributed by atoms with Crippen LogP contribution in [0.15, 0.2) is 0 Å². The third kappa shape index (κ3) is 8.01. The average Bonchev–Trinajstić information content (AvgIpc) is 2.35. The van der Waals surface area contributed by atoms with Crippen molar-refractivity contribution in [2.45, 2.75) is 24.4 Å². The van der Waals surface area contributed by atoms with Crippen molar-refractivity contribution >= 4 is 17.9 Å². The summed E-state index contributed by atoms with van der Waals surface area (Å²) in [4.78, 5) is 28.3. The third-order valence-corrected chi connectivity index (χ3v) is 1.69. The van der Waals surface area contributed by atoms with Crippen LogP contribution in [0.3, 0.4) is 0 Å². The number of hydrogen-bond donors (Lipinski definition) is 8. The molecule has 0 aliphatic rings. The van der Waals surface area contributed by atoms with E-state index in [1.54, 1.807) is 0 Å². The van der Waals surface area contributed by atoms with Gasteiger partial charge in [0.05, 0.1) is 6.61 Å². The zero-order valence-electron chi connectivity index (χ0n) is 9.32. The van der Waals surface area contributed by atoms with Gasteiger partial charge in [0.15, 0.2) is 6.10 Å². The molecule has 0 aromatic carbocycles. The van der Waals surface area contributed by atoms with Gasteiger partial charge in [0.2, 0.25) is 0 Å². The number of aliphatic hydroxyl groups is 5. The molecule has 0 aliphatic heterocycles. The first kappa shape index (κ1) is 19.5. The van der Waals surface area contributed by atoms with Gasteiger partial charge in [0.1, 0.15) is 18.3 Å². The zero-order chi connectivity index (χ0) is 15.7. The monoisotopic (exact) mass is 286 g/mol. The highest BCUT2D eigenvalue weighted by Crippen LogP contribution is 2.04. The van der Waals surface area contributed by atoms with Crippen molar-refractivity contribution in [1.29, 1.82) is 0 Å². The van der Waals surface area contributed by atoms with E-state index in [2.05, 4.69) is 0 Å². The van der Waals surface area contributed by atoms with Crippen molar-refractivity contribution in [1.82, 2.24) is 0 Å². The molecule has 11 heteroatoms. The lowest BCUT2D eigenvalue weighted by Crippen LogP contribution is -2.48. The second-order valence-electron chi connectivity index (χ2n) is 3.12. The SMILES string of the molecule is O=C(O)C(=O)O.O=C(O)C(O)C(O)C(O)C(O)CO. The van der Waals surface area contributed by atoms with E-state index in [-0.39, 0.29) is 0 Å². The Balaban J connectivity index is 0. The largest absolute Gasteiger partial charge is 0.479 e. The van der Waals surface area contributed by atoms with E-state index in [9.17, 15) is 4.79 Å². The van der Waals surface area contributed by atoms with Crippen LogP contribution < -0.4 is 0 Å². The van der Waals surface area contributed by atoms with Crippen LogP contribution in [0.2, 0.25) is 0 Å². The Hall–Kier alpha value is -1.79. The molecule has 11 nitrogen and oxygen atoms in total. The lowest BCUT2D eigenvalue weighted by molar-refractivity contribution is -0.164. The number of carboxylic acid groups (broad SMARTS) is 3. The van der Waals surface area contributed by atoms with Crippen LogP contribution in [0.25, 0.3) is 0 Å². The van der Waals surface area contributed by atoms with Crippen LogP contribution >= 0.6 is 0 Å². The van der Waals surface area contributed by atoms with Crippen molar-refractivity contribution in [2.75, 3.05) is 6.61 Å². The van der Waals surface area contributed by atoms with Gasteiger partial charge in [-0.1, -0.05) is 0 Å². The normalized spacial score (nSPS) is 16.3. The molecule has 19 heavy (non-hydrogen) atoms. The molecule has 0 aliphatic carbocycles. The molecule has 112 valence electrons. The maximum atomic E-state index is 10.1. The van der Waals surface area contributed by atoms with Gasteiger partial charge in [-0.2, -0.15) is 0 Å². The van der Waals surface area contributed by atoms with E-state index in [1.165, 1.54) is 0 Å². The van der Waals surface area contributed by atoms with Crippen molar-refractivity contribution in [3.63, 3.8) is 0 Å². The highest BCUT2D eigenvalue weighted by molar-refractivity contribution is 6.27. The molecule has 0 aromatic heterocycles. The van der Waals surface area contributed by atoms with Gasteiger partial charge in [-0.25, -0.2) is 14.4 Å². The van der Waals surface area contributed by atoms with Crippen molar-refractivity contribution in [3.8, 4) is 0 Å². The summed E-state index contributed by atoms with van der Waals surface area (Å²) < 4.78 is 0. The first-order valence-corrected chi connectivity index (χ1v) is 4.58. The number of hydrogen-bond acceptors (Lipinski definition) is 8. The van der Waals surface area contributed by atoms with E-state index in [0.717, 1.165) is 0 Å². The topological polar surface area (TPSA) is 213 Å². The predicted molar refractivity (Wildman–Crippen MR) is 54.0 cm³/mol. The minimum Gasteiger partial charge on any atom is -0.479 e. The van der Waals surface area contributed by atoms with Crippen LogP contribution in [-0.4, -0.2) is 89.8 Å². The molecule has 8 N–H and O–H groups in total. The van der Waals surface area contributed by atoms with E-state index < -0.39 is 48.9 Å². The molecule has 0 rings (SSSR count). The van der Waals surface area contributed by atoms with Crippen molar-refractivity contribution in [2.24, 2.45) is 0 Å². The van der Waals surface area contributed by atoms with Gasteiger partial charge in [0.25, 0.3) is 0 Å². The molecule has 4 unspecified atom stereocenters. The van der Waals surface area contributed by atoms with E-state index in [1.807, 2.05) is 0 Å². The fourth-order valence-corrected chi connectivity index (χ4v) is 0.668. The molecule has 0 aromatic rings. The van der Waals surface area contributed by atoms with Crippen LogP contribution in [0, 0.1) is 0 Å². The number of aliphatic carboxylic acids is 3. The van der Waals surface area contributed by atoms with Crippen LogP contribution in [0.5, 0.6) is 0 Å². The van der Waals surface area contributed by atoms with Gasteiger partial charge < -0.3 is 40.9 Å². The second-order valence-corrected chi connectivity index (χ2v) is 3.12. The Morgan fingerprint density at radius 3 is 1.37 bits per heavy atom. The quantitative estimate of drug-likeness (QED) is 0.226. The number of carbonyl (C=O) groups is 3. The highest BCUT2D eigenvalue weighted by atomic mass is 16.4. The Morgan fingerprint density at radius 2 is 1.16 bits per heavy atom. The molecule has 0 fully saturated rings. The first-order chi connectivity index (χ1) is 8.56.